The Balaban J connectivity index is 1.57. The van der Waals surface area contributed by atoms with Crippen LogP contribution in [-0.2, 0) is 22.7 Å². The third-order valence-electron chi connectivity index (χ3n) is 5.51. The summed E-state index contributed by atoms with van der Waals surface area (Å²) in [6.07, 6.45) is 2.77. The standard InChI is InChI=1S/C26H25NO4/c28-17-24-26(31-18-20-6-2-1-3-7-20)23-9-5-4-8-21(23)16-27(24)25(30)15-12-19-10-13-22(29)14-11-19/h1-15,24,26,28-29H,16-18H2/b15-12+/t24-,26+/m0/s1. The summed E-state index contributed by atoms with van der Waals surface area (Å²) in [7, 11) is 0. The predicted octanol–water partition coefficient (Wildman–Crippen LogP) is 4.07. The van der Waals surface area contributed by atoms with Gasteiger partial charge in [0.15, 0.2) is 0 Å². The van der Waals surface area contributed by atoms with Gasteiger partial charge in [0.1, 0.15) is 11.9 Å². The molecule has 2 N–H and O–H groups in total. The van der Waals surface area contributed by atoms with Gasteiger partial charge in [0.25, 0.3) is 0 Å². The third-order valence-corrected chi connectivity index (χ3v) is 5.51. The number of nitrogens with zero attached hydrogens (tertiary/aromatic N) is 1. The maximum atomic E-state index is 13.1. The number of aromatic hydroxyl groups is 1. The molecule has 4 rings (SSSR count). The summed E-state index contributed by atoms with van der Waals surface area (Å²) >= 11 is 0. The molecule has 0 aromatic heterocycles. The van der Waals surface area contributed by atoms with Crippen molar-refractivity contribution < 1.29 is 19.7 Å². The fourth-order valence-corrected chi connectivity index (χ4v) is 3.87. The molecule has 1 heterocycles. The van der Waals surface area contributed by atoms with Crippen LogP contribution in [0.25, 0.3) is 6.08 Å². The van der Waals surface area contributed by atoms with Crippen LogP contribution in [0.1, 0.15) is 28.4 Å². The van der Waals surface area contributed by atoms with Gasteiger partial charge >= 0.3 is 0 Å². The lowest BCUT2D eigenvalue weighted by Crippen LogP contribution is -2.48. The number of carbonyl (C=O) groups is 1. The minimum absolute atomic E-state index is 0.176. The van der Waals surface area contributed by atoms with Crippen molar-refractivity contribution in [3.63, 3.8) is 0 Å². The van der Waals surface area contributed by atoms with E-state index in [1.807, 2.05) is 54.6 Å². The molecule has 0 saturated heterocycles. The first kappa shape index (κ1) is 20.8. The number of hydrogen-bond acceptors (Lipinski definition) is 4. The number of rotatable bonds is 6. The number of amides is 1. The SMILES string of the molecule is O=C(/C=C/c1ccc(O)cc1)N1Cc2ccccc2[C@@H](OCc2ccccc2)[C@@H]1CO. The minimum atomic E-state index is -0.490. The van der Waals surface area contributed by atoms with Crippen LogP contribution in [0.5, 0.6) is 5.75 Å². The highest BCUT2D eigenvalue weighted by atomic mass is 16.5. The maximum absolute atomic E-state index is 13.1. The minimum Gasteiger partial charge on any atom is -0.508 e. The molecule has 0 unspecified atom stereocenters. The van der Waals surface area contributed by atoms with Gasteiger partial charge in [0, 0.05) is 12.6 Å². The Kier molecular flexibility index (Phi) is 6.46. The zero-order valence-electron chi connectivity index (χ0n) is 17.1. The van der Waals surface area contributed by atoms with Crippen LogP contribution >= 0.6 is 0 Å². The zero-order valence-corrected chi connectivity index (χ0v) is 17.1. The van der Waals surface area contributed by atoms with Gasteiger partial charge < -0.3 is 19.8 Å². The van der Waals surface area contributed by atoms with Crippen molar-refractivity contribution in [3.05, 3.63) is 107 Å². The van der Waals surface area contributed by atoms with Crippen molar-refractivity contribution in [3.8, 4) is 5.75 Å². The van der Waals surface area contributed by atoms with Gasteiger partial charge in [-0.3, -0.25) is 4.79 Å². The number of aliphatic hydroxyl groups excluding tert-OH is 1. The summed E-state index contributed by atoms with van der Waals surface area (Å²) in [5.74, 6) is -0.0233. The second kappa shape index (κ2) is 9.60. The van der Waals surface area contributed by atoms with Gasteiger partial charge in [0.2, 0.25) is 5.91 Å². The Hall–Kier alpha value is -3.41. The number of fused-ring (bicyclic) bond motifs is 1. The first-order chi connectivity index (χ1) is 15.2. The third kappa shape index (κ3) is 4.85. The number of aliphatic hydroxyl groups is 1. The zero-order chi connectivity index (χ0) is 21.6. The van der Waals surface area contributed by atoms with Crippen LogP contribution in [0, 0.1) is 0 Å². The van der Waals surface area contributed by atoms with Crippen LogP contribution in [0.2, 0.25) is 0 Å². The van der Waals surface area contributed by atoms with Crippen molar-refractivity contribution >= 4 is 12.0 Å². The Bertz CT molecular complexity index is 1050. The normalized spacial score (nSPS) is 18.2. The first-order valence-corrected chi connectivity index (χ1v) is 10.3. The molecule has 2 atom stereocenters. The average molecular weight is 415 g/mol. The van der Waals surface area contributed by atoms with E-state index in [1.54, 1.807) is 35.2 Å². The van der Waals surface area contributed by atoms with Gasteiger partial charge in [0.05, 0.1) is 19.3 Å². The van der Waals surface area contributed by atoms with Gasteiger partial charge in [-0.1, -0.05) is 66.7 Å². The van der Waals surface area contributed by atoms with E-state index in [2.05, 4.69) is 0 Å². The number of ether oxygens (including phenoxy) is 1. The second-order valence-corrected chi connectivity index (χ2v) is 7.56. The van der Waals surface area contributed by atoms with Crippen molar-refractivity contribution in [2.24, 2.45) is 0 Å². The van der Waals surface area contributed by atoms with E-state index in [4.69, 9.17) is 4.74 Å². The Labute approximate surface area is 181 Å². The fourth-order valence-electron chi connectivity index (χ4n) is 3.87. The molecule has 158 valence electrons. The molecule has 1 aliphatic rings. The van der Waals surface area contributed by atoms with E-state index in [-0.39, 0.29) is 18.3 Å². The van der Waals surface area contributed by atoms with E-state index in [0.29, 0.717) is 13.2 Å². The van der Waals surface area contributed by atoms with Crippen LogP contribution in [0.4, 0.5) is 0 Å². The van der Waals surface area contributed by atoms with Gasteiger partial charge in [-0.05, 0) is 40.5 Å². The first-order valence-electron chi connectivity index (χ1n) is 10.3. The molecule has 5 heteroatoms. The Morgan fingerprint density at radius 2 is 1.71 bits per heavy atom. The van der Waals surface area contributed by atoms with Crippen molar-refractivity contribution in [1.29, 1.82) is 0 Å². The van der Waals surface area contributed by atoms with Gasteiger partial charge in [-0.2, -0.15) is 0 Å². The molecule has 0 saturated carbocycles. The smallest absolute Gasteiger partial charge is 0.247 e. The predicted molar refractivity (Wildman–Crippen MR) is 119 cm³/mol. The molecule has 0 fully saturated rings. The molecule has 3 aromatic carbocycles. The number of carbonyl (C=O) groups excluding carboxylic acids is 1. The van der Waals surface area contributed by atoms with Crippen LogP contribution in [-0.4, -0.2) is 33.7 Å². The maximum Gasteiger partial charge on any atom is 0.247 e. The molecule has 3 aromatic rings. The van der Waals surface area contributed by atoms with Crippen molar-refractivity contribution in [2.75, 3.05) is 6.61 Å². The van der Waals surface area contributed by atoms with E-state index in [9.17, 15) is 15.0 Å². The van der Waals surface area contributed by atoms with Crippen molar-refractivity contribution in [1.82, 2.24) is 4.90 Å². The number of benzene rings is 3. The molecule has 5 nitrogen and oxygen atoms in total. The summed E-state index contributed by atoms with van der Waals surface area (Å²) in [4.78, 5) is 14.7. The summed E-state index contributed by atoms with van der Waals surface area (Å²) in [5, 5.41) is 19.6. The molecular weight excluding hydrogens is 390 g/mol. The molecule has 1 aliphatic heterocycles. The molecular formula is C26H25NO4. The fraction of sp³-hybridized carbons (Fsp3) is 0.192. The topological polar surface area (TPSA) is 70.0 Å². The lowest BCUT2D eigenvalue weighted by atomic mass is 9.91. The number of phenolic OH excluding ortho intramolecular Hbond substituents is 1. The molecule has 0 radical (unpaired) electrons. The van der Waals surface area contributed by atoms with Gasteiger partial charge in [-0.15, -0.1) is 0 Å². The van der Waals surface area contributed by atoms with Crippen LogP contribution < -0.4 is 0 Å². The summed E-state index contributed by atoms with van der Waals surface area (Å²) < 4.78 is 6.25. The summed E-state index contributed by atoms with van der Waals surface area (Å²) in [5.41, 5.74) is 3.86. The summed E-state index contributed by atoms with van der Waals surface area (Å²) in [6, 6.07) is 23.9. The monoisotopic (exact) mass is 415 g/mol. The number of phenols is 1. The lowest BCUT2D eigenvalue weighted by molar-refractivity contribution is -0.137. The van der Waals surface area contributed by atoms with E-state index in [0.717, 1.165) is 22.3 Å². The molecule has 0 spiro atoms. The van der Waals surface area contributed by atoms with Crippen molar-refractivity contribution in [2.45, 2.75) is 25.3 Å². The largest absolute Gasteiger partial charge is 0.508 e. The van der Waals surface area contributed by atoms with E-state index < -0.39 is 12.1 Å². The van der Waals surface area contributed by atoms with Crippen LogP contribution in [0.3, 0.4) is 0 Å². The Morgan fingerprint density at radius 3 is 2.45 bits per heavy atom. The number of hydrogen-bond donors (Lipinski definition) is 2. The van der Waals surface area contributed by atoms with Gasteiger partial charge in [-0.25, -0.2) is 0 Å². The summed E-state index contributed by atoms with van der Waals surface area (Å²) in [6.45, 7) is 0.597. The Morgan fingerprint density at radius 1 is 1.00 bits per heavy atom. The molecule has 0 bridgehead atoms. The molecule has 1 amide bonds. The highest BCUT2D eigenvalue weighted by Crippen LogP contribution is 2.35. The quantitative estimate of drug-likeness (QED) is 0.596. The molecule has 0 aliphatic carbocycles. The van der Waals surface area contributed by atoms with E-state index >= 15 is 0 Å². The second-order valence-electron chi connectivity index (χ2n) is 7.56. The van der Waals surface area contributed by atoms with E-state index in [1.165, 1.54) is 6.08 Å². The lowest BCUT2D eigenvalue weighted by Gasteiger charge is -2.41. The highest BCUT2D eigenvalue weighted by molar-refractivity contribution is 5.92. The van der Waals surface area contributed by atoms with Crippen LogP contribution in [0.15, 0.2) is 84.9 Å². The average Bonchev–Trinajstić information content (AvgIpc) is 2.82. The molecule has 31 heavy (non-hydrogen) atoms. The highest BCUT2D eigenvalue weighted by Gasteiger charge is 2.37.